The maximum Gasteiger partial charge on any atom is 0.223 e. The Balaban J connectivity index is 1.76. The van der Waals surface area contributed by atoms with Gasteiger partial charge in [0.25, 0.3) is 0 Å². The van der Waals surface area contributed by atoms with Crippen molar-refractivity contribution in [2.75, 3.05) is 25.9 Å². The van der Waals surface area contributed by atoms with Gasteiger partial charge in [0, 0.05) is 25.6 Å². The first-order valence-electron chi connectivity index (χ1n) is 7.75. The molecule has 1 fully saturated rings. The number of carbonyl (C=O) groups excluding carboxylic acids is 1. The van der Waals surface area contributed by atoms with Crippen LogP contribution in [0.15, 0.2) is 18.2 Å². The lowest BCUT2D eigenvalue weighted by molar-refractivity contribution is -0.126. The third-order valence-electron chi connectivity index (χ3n) is 4.23. The second-order valence-electron chi connectivity index (χ2n) is 6.06. The number of amides is 1. The minimum absolute atomic E-state index is 0.0306. The molecule has 0 saturated carbocycles. The third kappa shape index (κ3) is 5.00. The number of nitrogens with one attached hydrogen (secondary N) is 1. The van der Waals surface area contributed by atoms with Gasteiger partial charge in [0.2, 0.25) is 15.9 Å². The first kappa shape index (κ1) is 17.9. The number of halogens is 1. The van der Waals surface area contributed by atoms with Crippen LogP contribution in [-0.4, -0.2) is 44.5 Å². The molecule has 5 nitrogen and oxygen atoms in total. The van der Waals surface area contributed by atoms with Crippen LogP contribution >= 0.6 is 0 Å². The van der Waals surface area contributed by atoms with Crippen molar-refractivity contribution < 1.29 is 17.6 Å². The van der Waals surface area contributed by atoms with Crippen molar-refractivity contribution in [3.63, 3.8) is 0 Å². The average molecular weight is 342 g/mol. The van der Waals surface area contributed by atoms with Gasteiger partial charge in [-0.25, -0.2) is 17.1 Å². The van der Waals surface area contributed by atoms with Crippen LogP contribution in [-0.2, 0) is 21.2 Å². The highest BCUT2D eigenvalue weighted by Crippen LogP contribution is 2.19. The molecule has 23 heavy (non-hydrogen) atoms. The van der Waals surface area contributed by atoms with Crippen molar-refractivity contribution in [2.24, 2.45) is 5.92 Å². The van der Waals surface area contributed by atoms with Gasteiger partial charge in [0.15, 0.2) is 0 Å². The van der Waals surface area contributed by atoms with E-state index in [9.17, 15) is 17.6 Å². The van der Waals surface area contributed by atoms with E-state index in [4.69, 9.17) is 0 Å². The summed E-state index contributed by atoms with van der Waals surface area (Å²) in [4.78, 5) is 12.1. The van der Waals surface area contributed by atoms with Crippen LogP contribution in [0.3, 0.4) is 0 Å². The summed E-state index contributed by atoms with van der Waals surface area (Å²) < 4.78 is 37.5. The van der Waals surface area contributed by atoms with E-state index < -0.39 is 10.0 Å². The van der Waals surface area contributed by atoms with Gasteiger partial charge in [-0.15, -0.1) is 0 Å². The van der Waals surface area contributed by atoms with E-state index in [1.165, 1.54) is 16.6 Å². The molecule has 2 rings (SSSR count). The fraction of sp³-hybridized carbons (Fsp3) is 0.562. The smallest absolute Gasteiger partial charge is 0.223 e. The van der Waals surface area contributed by atoms with Gasteiger partial charge in [0.1, 0.15) is 5.82 Å². The summed E-state index contributed by atoms with van der Waals surface area (Å²) in [6.45, 7) is 3.01. The van der Waals surface area contributed by atoms with E-state index in [1.807, 2.05) is 0 Å². The maximum atomic E-state index is 13.2. The number of hydrogen-bond acceptors (Lipinski definition) is 3. The van der Waals surface area contributed by atoms with Crippen molar-refractivity contribution in [2.45, 2.75) is 26.2 Å². The molecule has 1 N–H and O–H groups in total. The van der Waals surface area contributed by atoms with Crippen LogP contribution in [0.25, 0.3) is 0 Å². The molecule has 0 bridgehead atoms. The molecule has 0 aliphatic carbocycles. The average Bonchev–Trinajstić information content (AvgIpc) is 2.50. The Morgan fingerprint density at radius 1 is 1.35 bits per heavy atom. The first-order valence-corrected chi connectivity index (χ1v) is 9.60. The molecule has 0 aromatic heterocycles. The van der Waals surface area contributed by atoms with E-state index in [1.54, 1.807) is 19.1 Å². The van der Waals surface area contributed by atoms with E-state index in [0.717, 1.165) is 5.56 Å². The first-order chi connectivity index (χ1) is 10.8. The number of aryl methyl sites for hydroxylation is 1. The van der Waals surface area contributed by atoms with Crippen molar-refractivity contribution in [1.29, 1.82) is 0 Å². The van der Waals surface area contributed by atoms with Crippen molar-refractivity contribution in [3.8, 4) is 0 Å². The Morgan fingerprint density at radius 3 is 2.57 bits per heavy atom. The molecular weight excluding hydrogens is 319 g/mol. The standard InChI is InChI=1S/C16H23FN2O3S/c1-12-11-13(3-4-15(12)17)5-8-18-16(20)14-6-9-19(10-7-14)23(2,21)22/h3-4,11,14H,5-10H2,1-2H3,(H,18,20). The van der Waals surface area contributed by atoms with E-state index in [2.05, 4.69) is 5.32 Å². The number of rotatable bonds is 5. The molecule has 0 radical (unpaired) electrons. The third-order valence-corrected chi connectivity index (χ3v) is 5.53. The molecule has 1 amide bonds. The Kier molecular flexibility index (Phi) is 5.75. The summed E-state index contributed by atoms with van der Waals surface area (Å²) in [5, 5.41) is 2.89. The molecule has 128 valence electrons. The zero-order valence-electron chi connectivity index (χ0n) is 13.5. The number of sulfonamides is 1. The van der Waals surface area contributed by atoms with E-state index in [-0.39, 0.29) is 17.6 Å². The molecule has 1 aliphatic rings. The number of piperidine rings is 1. The predicted molar refractivity (Wildman–Crippen MR) is 87.0 cm³/mol. The van der Waals surface area contributed by atoms with Crippen LogP contribution in [0.4, 0.5) is 4.39 Å². The van der Waals surface area contributed by atoms with E-state index in [0.29, 0.717) is 44.5 Å². The number of benzene rings is 1. The minimum atomic E-state index is -3.16. The van der Waals surface area contributed by atoms with Crippen LogP contribution in [0.5, 0.6) is 0 Å². The summed E-state index contributed by atoms with van der Waals surface area (Å²) in [5.74, 6) is -0.393. The van der Waals surface area contributed by atoms with Gasteiger partial charge < -0.3 is 5.32 Å². The molecule has 1 aromatic rings. The summed E-state index contributed by atoms with van der Waals surface area (Å²) in [6.07, 6.45) is 2.94. The van der Waals surface area contributed by atoms with Gasteiger partial charge in [-0.1, -0.05) is 12.1 Å². The molecule has 1 aliphatic heterocycles. The van der Waals surface area contributed by atoms with Crippen LogP contribution in [0.2, 0.25) is 0 Å². The Hall–Kier alpha value is -1.47. The lowest BCUT2D eigenvalue weighted by atomic mass is 9.97. The molecular formula is C16H23FN2O3S. The molecule has 1 aromatic carbocycles. The SMILES string of the molecule is Cc1cc(CCNC(=O)C2CCN(S(C)(=O)=O)CC2)ccc1F. The van der Waals surface area contributed by atoms with Crippen LogP contribution in [0, 0.1) is 18.7 Å². The monoisotopic (exact) mass is 342 g/mol. The molecule has 0 unspecified atom stereocenters. The molecule has 7 heteroatoms. The molecule has 0 atom stereocenters. The predicted octanol–water partition coefficient (Wildman–Crippen LogP) is 1.46. The second kappa shape index (κ2) is 7.40. The molecule has 1 saturated heterocycles. The Morgan fingerprint density at radius 2 is 2.00 bits per heavy atom. The Labute approximate surface area is 136 Å². The fourth-order valence-corrected chi connectivity index (χ4v) is 3.66. The summed E-state index contributed by atoms with van der Waals surface area (Å²) >= 11 is 0. The summed E-state index contributed by atoms with van der Waals surface area (Å²) in [5.41, 5.74) is 1.58. The van der Waals surface area contributed by atoms with E-state index >= 15 is 0 Å². The van der Waals surface area contributed by atoms with Gasteiger partial charge in [-0.2, -0.15) is 0 Å². The van der Waals surface area contributed by atoms with Gasteiger partial charge >= 0.3 is 0 Å². The highest BCUT2D eigenvalue weighted by Gasteiger charge is 2.28. The molecule has 0 spiro atoms. The quantitative estimate of drug-likeness (QED) is 0.881. The lowest BCUT2D eigenvalue weighted by Crippen LogP contribution is -2.42. The fourth-order valence-electron chi connectivity index (χ4n) is 2.79. The number of hydrogen-bond donors (Lipinski definition) is 1. The largest absolute Gasteiger partial charge is 0.356 e. The van der Waals surface area contributed by atoms with Gasteiger partial charge in [-0.05, 0) is 43.4 Å². The van der Waals surface area contributed by atoms with Gasteiger partial charge in [0.05, 0.1) is 6.26 Å². The molecule has 1 heterocycles. The maximum absolute atomic E-state index is 13.2. The number of nitrogens with zero attached hydrogens (tertiary/aromatic N) is 1. The summed E-state index contributed by atoms with van der Waals surface area (Å²) in [7, 11) is -3.16. The minimum Gasteiger partial charge on any atom is -0.356 e. The van der Waals surface area contributed by atoms with Gasteiger partial charge in [-0.3, -0.25) is 4.79 Å². The van der Waals surface area contributed by atoms with Crippen molar-refractivity contribution in [3.05, 3.63) is 35.1 Å². The zero-order valence-corrected chi connectivity index (χ0v) is 14.3. The van der Waals surface area contributed by atoms with Crippen LogP contribution in [0.1, 0.15) is 24.0 Å². The number of carbonyl (C=O) groups is 1. The Bertz CT molecular complexity index is 668. The highest BCUT2D eigenvalue weighted by molar-refractivity contribution is 7.88. The highest BCUT2D eigenvalue weighted by atomic mass is 32.2. The zero-order chi connectivity index (χ0) is 17.0. The van der Waals surface area contributed by atoms with Crippen LogP contribution < -0.4 is 5.32 Å². The lowest BCUT2D eigenvalue weighted by Gasteiger charge is -2.29. The normalized spacial score (nSPS) is 17.2. The topological polar surface area (TPSA) is 66.5 Å². The second-order valence-corrected chi connectivity index (χ2v) is 8.04. The van der Waals surface area contributed by atoms with Crippen molar-refractivity contribution in [1.82, 2.24) is 9.62 Å². The van der Waals surface area contributed by atoms with Crippen molar-refractivity contribution >= 4 is 15.9 Å². The summed E-state index contributed by atoms with van der Waals surface area (Å²) in [6, 6.07) is 4.94.